The van der Waals surface area contributed by atoms with E-state index < -0.39 is 10.0 Å². The van der Waals surface area contributed by atoms with Crippen LogP contribution in [0.1, 0.15) is 5.56 Å². The maximum atomic E-state index is 12.6. The fraction of sp³-hybridized carbons (Fsp3) is 0.0526. The van der Waals surface area contributed by atoms with Gasteiger partial charge < -0.3 is 9.40 Å². The highest BCUT2D eigenvalue weighted by molar-refractivity contribution is 7.92. The van der Waals surface area contributed by atoms with Gasteiger partial charge in [-0.05, 0) is 37.3 Å². The minimum atomic E-state index is -3.73. The van der Waals surface area contributed by atoms with Gasteiger partial charge in [-0.3, -0.25) is 4.72 Å². The molecule has 0 bridgehead atoms. The second kappa shape index (κ2) is 6.73. The normalized spacial score (nSPS) is 11.4. The van der Waals surface area contributed by atoms with Crippen LogP contribution in [0.5, 0.6) is 0 Å². The van der Waals surface area contributed by atoms with Crippen LogP contribution in [0.4, 0.5) is 5.69 Å². The van der Waals surface area contributed by atoms with Crippen LogP contribution < -0.4 is 4.72 Å². The highest BCUT2D eigenvalue weighted by atomic mass is 32.2. The lowest BCUT2D eigenvalue weighted by Gasteiger charge is -2.06. The van der Waals surface area contributed by atoms with Gasteiger partial charge in [0.2, 0.25) is 5.89 Å². The Hall–Kier alpha value is -3.39. The van der Waals surface area contributed by atoms with Crippen LogP contribution in [0.15, 0.2) is 76.2 Å². The molecule has 0 aliphatic carbocycles. The molecule has 0 saturated heterocycles. The van der Waals surface area contributed by atoms with E-state index in [1.54, 1.807) is 12.1 Å². The van der Waals surface area contributed by atoms with Gasteiger partial charge in [-0.1, -0.05) is 35.9 Å². The molecule has 0 aliphatic rings. The molecule has 27 heavy (non-hydrogen) atoms. The summed E-state index contributed by atoms with van der Waals surface area (Å²) in [5, 5.41) is 8.00. The van der Waals surface area contributed by atoms with Crippen molar-refractivity contribution in [3.05, 3.63) is 72.4 Å². The van der Waals surface area contributed by atoms with Crippen molar-refractivity contribution in [2.45, 2.75) is 11.8 Å². The predicted molar refractivity (Wildman–Crippen MR) is 102 cm³/mol. The highest BCUT2D eigenvalue weighted by Crippen LogP contribution is 2.25. The first kappa shape index (κ1) is 17.0. The van der Waals surface area contributed by atoms with E-state index in [1.165, 1.54) is 12.3 Å². The van der Waals surface area contributed by atoms with Gasteiger partial charge in [0.25, 0.3) is 15.9 Å². The smallest absolute Gasteiger partial charge is 0.264 e. The number of anilines is 1. The summed E-state index contributed by atoms with van der Waals surface area (Å²) in [6.07, 6.45) is 1.39. The summed E-state index contributed by atoms with van der Waals surface area (Å²) in [6, 6.07) is 17.9. The van der Waals surface area contributed by atoms with Gasteiger partial charge in [-0.15, -0.1) is 10.2 Å². The lowest BCUT2D eigenvalue weighted by atomic mass is 10.2. The molecule has 0 unspecified atom stereocenters. The number of sulfonamides is 1. The number of hydrogen-bond acceptors (Lipinski definition) is 5. The molecular weight excluding hydrogens is 364 g/mol. The number of rotatable bonds is 5. The van der Waals surface area contributed by atoms with Gasteiger partial charge in [-0.25, -0.2) is 8.42 Å². The van der Waals surface area contributed by atoms with Crippen LogP contribution in [0.3, 0.4) is 0 Å². The summed E-state index contributed by atoms with van der Waals surface area (Å²) in [5.41, 5.74) is 2.76. The topological polar surface area (TPSA) is 101 Å². The number of aryl methyl sites for hydroxylation is 1. The van der Waals surface area contributed by atoms with E-state index in [9.17, 15) is 8.42 Å². The van der Waals surface area contributed by atoms with E-state index in [1.807, 2.05) is 49.4 Å². The fourth-order valence-corrected chi connectivity index (χ4v) is 3.57. The minimum Gasteiger partial charge on any atom is -0.415 e. The number of nitrogens with one attached hydrogen (secondary N) is 2. The first-order chi connectivity index (χ1) is 13.0. The molecule has 2 N–H and O–H groups in total. The molecule has 2 aromatic heterocycles. The molecule has 4 aromatic rings. The molecule has 136 valence electrons. The van der Waals surface area contributed by atoms with Crippen molar-refractivity contribution in [3.63, 3.8) is 0 Å². The van der Waals surface area contributed by atoms with Gasteiger partial charge in [0.05, 0.1) is 0 Å². The summed E-state index contributed by atoms with van der Waals surface area (Å²) in [6.45, 7) is 1.94. The monoisotopic (exact) mass is 380 g/mol. The third kappa shape index (κ3) is 3.61. The zero-order chi connectivity index (χ0) is 18.9. The Labute approximate surface area is 156 Å². The van der Waals surface area contributed by atoms with Gasteiger partial charge >= 0.3 is 0 Å². The van der Waals surface area contributed by atoms with Crippen LogP contribution >= 0.6 is 0 Å². The summed E-state index contributed by atoms with van der Waals surface area (Å²) in [5.74, 6) is 0.577. The molecule has 0 saturated carbocycles. The maximum absolute atomic E-state index is 12.6. The maximum Gasteiger partial charge on any atom is 0.264 e. The number of hydrogen-bond donors (Lipinski definition) is 2. The lowest BCUT2D eigenvalue weighted by Crippen LogP contribution is -2.12. The van der Waals surface area contributed by atoms with Crippen molar-refractivity contribution < 1.29 is 12.8 Å². The van der Waals surface area contributed by atoms with E-state index in [4.69, 9.17) is 4.42 Å². The van der Waals surface area contributed by atoms with Crippen molar-refractivity contribution in [3.8, 4) is 23.0 Å². The number of benzene rings is 2. The average molecular weight is 380 g/mol. The van der Waals surface area contributed by atoms with Crippen LogP contribution in [-0.4, -0.2) is 23.6 Å². The molecule has 7 nitrogen and oxygen atoms in total. The van der Waals surface area contributed by atoms with E-state index in [0.29, 0.717) is 17.3 Å². The quantitative estimate of drug-likeness (QED) is 0.548. The number of nitrogens with zero attached hydrogens (tertiary/aromatic N) is 2. The minimum absolute atomic E-state index is 0.0811. The molecule has 0 atom stereocenters. The van der Waals surface area contributed by atoms with E-state index in [0.717, 1.165) is 11.1 Å². The predicted octanol–water partition coefficient (Wildman–Crippen LogP) is 3.84. The highest BCUT2D eigenvalue weighted by Gasteiger charge is 2.19. The first-order valence-electron chi connectivity index (χ1n) is 8.18. The third-order valence-corrected chi connectivity index (χ3v) is 5.31. The van der Waals surface area contributed by atoms with Gasteiger partial charge in [0.1, 0.15) is 10.6 Å². The number of aromatic amines is 1. The molecule has 0 fully saturated rings. The Morgan fingerprint density at radius 3 is 2.41 bits per heavy atom. The molecule has 2 aromatic carbocycles. The molecule has 0 aliphatic heterocycles. The fourth-order valence-electron chi connectivity index (χ4n) is 2.52. The first-order valence-corrected chi connectivity index (χ1v) is 9.67. The molecule has 0 amide bonds. The summed E-state index contributed by atoms with van der Waals surface area (Å²) < 4.78 is 33.3. The second-order valence-electron chi connectivity index (χ2n) is 6.00. The van der Waals surface area contributed by atoms with Crippen molar-refractivity contribution in [2.75, 3.05) is 4.72 Å². The summed E-state index contributed by atoms with van der Waals surface area (Å²) >= 11 is 0. The molecule has 2 heterocycles. The van der Waals surface area contributed by atoms with Crippen molar-refractivity contribution >= 4 is 15.7 Å². The van der Waals surface area contributed by atoms with E-state index in [-0.39, 0.29) is 10.8 Å². The van der Waals surface area contributed by atoms with Crippen molar-refractivity contribution in [1.82, 2.24) is 15.2 Å². The molecule has 0 spiro atoms. The summed E-state index contributed by atoms with van der Waals surface area (Å²) in [4.78, 5) is 2.95. The molecule has 8 heteroatoms. The standard InChI is InChI=1S/C19H16N4O3S/c1-13-7-9-15(10-8-13)23-27(24,25)16-11-17(20-12-16)19-22-21-18(26-19)14-5-3-2-4-6-14/h2-12,20,23H,1H3. The van der Waals surface area contributed by atoms with E-state index >= 15 is 0 Å². The zero-order valence-corrected chi connectivity index (χ0v) is 15.2. The SMILES string of the molecule is Cc1ccc(NS(=O)(=O)c2c[nH]c(-c3nnc(-c4ccccc4)o3)c2)cc1. The Morgan fingerprint density at radius 2 is 1.67 bits per heavy atom. The van der Waals surface area contributed by atoms with Gasteiger partial charge in [0.15, 0.2) is 0 Å². The average Bonchev–Trinajstić information content (AvgIpc) is 3.34. The number of aromatic nitrogens is 3. The van der Waals surface area contributed by atoms with Crippen molar-refractivity contribution in [2.24, 2.45) is 0 Å². The van der Waals surface area contributed by atoms with Crippen LogP contribution in [0.25, 0.3) is 23.0 Å². The van der Waals surface area contributed by atoms with Crippen molar-refractivity contribution in [1.29, 1.82) is 0 Å². The van der Waals surface area contributed by atoms with Crippen LogP contribution in [-0.2, 0) is 10.0 Å². The summed E-state index contributed by atoms with van der Waals surface area (Å²) in [7, 11) is -3.73. The Kier molecular flexibility index (Phi) is 4.25. The number of H-pyrrole nitrogens is 1. The largest absolute Gasteiger partial charge is 0.415 e. The third-order valence-electron chi connectivity index (χ3n) is 3.95. The second-order valence-corrected chi connectivity index (χ2v) is 7.68. The van der Waals surface area contributed by atoms with Gasteiger partial charge in [0, 0.05) is 17.4 Å². The Bertz CT molecular complexity index is 1160. The van der Waals surface area contributed by atoms with Crippen LogP contribution in [0, 0.1) is 6.92 Å². The van der Waals surface area contributed by atoms with Crippen LogP contribution in [0.2, 0.25) is 0 Å². The Balaban J connectivity index is 1.58. The Morgan fingerprint density at radius 1 is 0.963 bits per heavy atom. The molecular formula is C19H16N4O3S. The lowest BCUT2D eigenvalue weighted by molar-refractivity contribution is 0.582. The van der Waals surface area contributed by atoms with Gasteiger partial charge in [-0.2, -0.15) is 0 Å². The van der Waals surface area contributed by atoms with E-state index in [2.05, 4.69) is 19.9 Å². The molecule has 4 rings (SSSR count). The molecule has 0 radical (unpaired) electrons. The zero-order valence-electron chi connectivity index (χ0n) is 14.4.